The molecular weight excluding hydrogens is 275 g/mol. The molecule has 0 aromatic heterocycles. The molecular formula is C9H7Cl3N2S. The minimum absolute atomic E-state index is 0.0177. The van der Waals surface area contributed by atoms with E-state index in [1.54, 1.807) is 24.3 Å². The molecule has 0 aliphatic rings. The van der Waals surface area contributed by atoms with Crippen LogP contribution in [0.1, 0.15) is 5.56 Å². The van der Waals surface area contributed by atoms with Gasteiger partial charge in [0.2, 0.25) is 0 Å². The van der Waals surface area contributed by atoms with Gasteiger partial charge in [0.25, 0.3) is 0 Å². The van der Waals surface area contributed by atoms with Gasteiger partial charge in [0, 0.05) is 5.69 Å². The molecule has 15 heavy (non-hydrogen) atoms. The highest BCUT2D eigenvalue weighted by atomic mass is 35.5. The van der Waals surface area contributed by atoms with E-state index in [0.29, 0.717) is 5.56 Å². The normalized spacial score (nSPS) is 9.53. The minimum atomic E-state index is 0.0177. The Bertz CT molecular complexity index is 414. The molecule has 80 valence electrons. The van der Waals surface area contributed by atoms with E-state index in [1.165, 1.54) is 0 Å². The van der Waals surface area contributed by atoms with Crippen LogP contribution >= 0.6 is 47.0 Å². The van der Waals surface area contributed by atoms with Crippen LogP contribution in [0.25, 0.3) is 5.03 Å². The predicted molar refractivity (Wildman–Crippen MR) is 71.3 cm³/mol. The van der Waals surface area contributed by atoms with Gasteiger partial charge in [0.15, 0.2) is 5.11 Å². The number of hydrogen-bond donors (Lipinski definition) is 2. The maximum Gasteiger partial charge on any atom is 0.168 e. The largest absolute Gasteiger partial charge is 0.376 e. The Labute approximate surface area is 108 Å². The summed E-state index contributed by atoms with van der Waals surface area (Å²) in [6.07, 6.45) is 0. The van der Waals surface area contributed by atoms with Crippen molar-refractivity contribution in [3.8, 4) is 0 Å². The van der Waals surface area contributed by atoms with Gasteiger partial charge >= 0.3 is 0 Å². The first-order chi connectivity index (χ1) is 7.00. The summed E-state index contributed by atoms with van der Waals surface area (Å²) in [5.74, 6) is 0. The van der Waals surface area contributed by atoms with Gasteiger partial charge in [-0.05, 0) is 29.9 Å². The Morgan fingerprint density at radius 2 is 1.93 bits per heavy atom. The van der Waals surface area contributed by atoms with Crippen molar-refractivity contribution in [3.63, 3.8) is 0 Å². The van der Waals surface area contributed by atoms with Crippen molar-refractivity contribution in [3.05, 3.63) is 34.3 Å². The molecule has 0 aliphatic carbocycles. The van der Waals surface area contributed by atoms with E-state index in [4.69, 9.17) is 52.8 Å². The molecule has 0 spiro atoms. The predicted octanol–water partition coefficient (Wildman–Crippen LogP) is 3.68. The van der Waals surface area contributed by atoms with Crippen LogP contribution in [0.15, 0.2) is 28.8 Å². The lowest BCUT2D eigenvalue weighted by atomic mass is 10.2. The number of nitrogens with one attached hydrogen (secondary N) is 1. The van der Waals surface area contributed by atoms with E-state index in [2.05, 4.69) is 5.32 Å². The topological polar surface area (TPSA) is 38.0 Å². The molecule has 1 rings (SSSR count). The summed E-state index contributed by atoms with van der Waals surface area (Å²) in [5.41, 5.74) is 6.76. The van der Waals surface area contributed by atoms with E-state index < -0.39 is 0 Å². The number of benzene rings is 1. The van der Waals surface area contributed by atoms with Gasteiger partial charge in [0.05, 0.1) is 5.03 Å². The molecule has 2 nitrogen and oxygen atoms in total. The maximum atomic E-state index is 5.87. The highest BCUT2D eigenvalue weighted by Crippen LogP contribution is 2.29. The van der Waals surface area contributed by atoms with Gasteiger partial charge in [-0.3, -0.25) is 0 Å². The average molecular weight is 282 g/mol. The Kier molecular flexibility index (Phi) is 4.67. The molecule has 0 aliphatic heterocycles. The van der Waals surface area contributed by atoms with E-state index in [-0.39, 0.29) is 14.6 Å². The highest BCUT2D eigenvalue weighted by Gasteiger charge is 2.04. The quantitative estimate of drug-likeness (QED) is 0.812. The highest BCUT2D eigenvalue weighted by molar-refractivity contribution is 7.80. The molecule has 0 saturated heterocycles. The zero-order valence-electron chi connectivity index (χ0n) is 7.43. The first-order valence-corrected chi connectivity index (χ1v) is 5.42. The minimum Gasteiger partial charge on any atom is -0.376 e. The molecule has 0 radical (unpaired) electrons. The lowest BCUT2D eigenvalue weighted by Crippen LogP contribution is -2.18. The van der Waals surface area contributed by atoms with Crippen molar-refractivity contribution in [2.75, 3.05) is 5.32 Å². The van der Waals surface area contributed by atoms with Crippen molar-refractivity contribution >= 4 is 62.9 Å². The fraction of sp³-hybridized carbons (Fsp3) is 0. The summed E-state index contributed by atoms with van der Waals surface area (Å²) < 4.78 is 0.0177. The molecule has 1 aromatic rings. The molecule has 0 bridgehead atoms. The average Bonchev–Trinajstić information content (AvgIpc) is 2.16. The van der Waals surface area contributed by atoms with E-state index >= 15 is 0 Å². The maximum absolute atomic E-state index is 5.87. The molecule has 0 atom stereocenters. The standard InChI is InChI=1S/C9H7Cl3N2S/c10-7(8(11)12)5-2-1-3-6(4-5)14-9(13)15/h1-4H,(H3,13,14,15). The van der Waals surface area contributed by atoms with E-state index in [1.807, 2.05) is 0 Å². The number of nitrogens with two attached hydrogens (primary N) is 1. The monoisotopic (exact) mass is 280 g/mol. The second kappa shape index (κ2) is 5.56. The number of thiocarbonyl (C=S) groups is 1. The first-order valence-electron chi connectivity index (χ1n) is 3.88. The van der Waals surface area contributed by atoms with Gasteiger partial charge < -0.3 is 11.1 Å². The Balaban J connectivity index is 3.03. The molecule has 3 N–H and O–H groups in total. The van der Waals surface area contributed by atoms with Crippen molar-refractivity contribution < 1.29 is 0 Å². The van der Waals surface area contributed by atoms with Crippen molar-refractivity contribution in [2.24, 2.45) is 5.73 Å². The van der Waals surface area contributed by atoms with Crippen LogP contribution < -0.4 is 11.1 Å². The summed E-state index contributed by atoms with van der Waals surface area (Å²) in [4.78, 5) is 0. The number of hydrogen-bond acceptors (Lipinski definition) is 1. The van der Waals surface area contributed by atoms with Crippen molar-refractivity contribution in [1.82, 2.24) is 0 Å². The second-order valence-electron chi connectivity index (χ2n) is 2.64. The fourth-order valence-corrected chi connectivity index (χ4v) is 1.44. The van der Waals surface area contributed by atoms with Gasteiger partial charge in [-0.15, -0.1) is 0 Å². The molecule has 0 saturated carbocycles. The number of rotatable bonds is 2. The lowest BCUT2D eigenvalue weighted by Gasteiger charge is -2.05. The third kappa shape index (κ3) is 3.87. The van der Waals surface area contributed by atoms with E-state index in [0.717, 1.165) is 5.69 Å². The fourth-order valence-electron chi connectivity index (χ4n) is 0.985. The molecule has 0 fully saturated rings. The third-order valence-electron chi connectivity index (χ3n) is 1.55. The summed E-state index contributed by atoms with van der Waals surface area (Å²) in [5, 5.41) is 3.25. The second-order valence-corrected chi connectivity index (χ2v) is 4.41. The third-order valence-corrected chi connectivity index (χ3v) is 2.63. The smallest absolute Gasteiger partial charge is 0.168 e. The Hall–Kier alpha value is -0.480. The van der Waals surface area contributed by atoms with Crippen molar-refractivity contribution in [2.45, 2.75) is 0 Å². The first kappa shape index (κ1) is 12.6. The van der Waals surface area contributed by atoms with Crippen LogP contribution in [0.3, 0.4) is 0 Å². The summed E-state index contributed by atoms with van der Waals surface area (Å²) >= 11 is 21.7. The zero-order valence-corrected chi connectivity index (χ0v) is 10.5. The Morgan fingerprint density at radius 1 is 1.27 bits per heavy atom. The van der Waals surface area contributed by atoms with Crippen LogP contribution in [-0.4, -0.2) is 5.11 Å². The van der Waals surface area contributed by atoms with Crippen LogP contribution in [0.5, 0.6) is 0 Å². The van der Waals surface area contributed by atoms with Crippen LogP contribution in [0, 0.1) is 0 Å². The van der Waals surface area contributed by atoms with Gasteiger partial charge in [-0.25, -0.2) is 0 Å². The molecule has 1 aromatic carbocycles. The molecule has 0 unspecified atom stereocenters. The summed E-state index contributed by atoms with van der Waals surface area (Å²) in [7, 11) is 0. The number of halogens is 3. The Morgan fingerprint density at radius 3 is 2.47 bits per heavy atom. The summed E-state index contributed by atoms with van der Waals surface area (Å²) in [6.45, 7) is 0. The van der Waals surface area contributed by atoms with E-state index in [9.17, 15) is 0 Å². The zero-order chi connectivity index (χ0) is 11.4. The van der Waals surface area contributed by atoms with Gasteiger partial charge in [-0.2, -0.15) is 0 Å². The van der Waals surface area contributed by atoms with Crippen LogP contribution in [-0.2, 0) is 0 Å². The van der Waals surface area contributed by atoms with Crippen LogP contribution in [0.2, 0.25) is 0 Å². The molecule has 0 heterocycles. The van der Waals surface area contributed by atoms with Crippen LogP contribution in [0.4, 0.5) is 5.69 Å². The SMILES string of the molecule is NC(=S)Nc1cccc(C(Cl)=C(Cl)Cl)c1. The van der Waals surface area contributed by atoms with Crippen molar-refractivity contribution in [1.29, 1.82) is 0 Å². The van der Waals surface area contributed by atoms with Gasteiger partial charge in [0.1, 0.15) is 4.49 Å². The summed E-state index contributed by atoms with van der Waals surface area (Å²) in [6, 6.07) is 7.11. The number of anilines is 1. The van der Waals surface area contributed by atoms with Gasteiger partial charge in [-0.1, -0.05) is 46.9 Å². The lowest BCUT2D eigenvalue weighted by molar-refractivity contribution is 1.58. The molecule has 6 heteroatoms. The molecule has 0 amide bonds.